The van der Waals surface area contributed by atoms with Gasteiger partial charge in [0, 0.05) is 23.9 Å². The number of ether oxygens (including phenoxy) is 3. The summed E-state index contributed by atoms with van der Waals surface area (Å²) in [6, 6.07) is 5.19. The molecule has 0 fully saturated rings. The van der Waals surface area contributed by atoms with Crippen molar-refractivity contribution in [3.63, 3.8) is 0 Å². The van der Waals surface area contributed by atoms with E-state index in [1.807, 2.05) is 0 Å². The van der Waals surface area contributed by atoms with Gasteiger partial charge >= 0.3 is 0 Å². The predicted octanol–water partition coefficient (Wildman–Crippen LogP) is 3.42. The molecule has 3 aromatic rings. The van der Waals surface area contributed by atoms with Crippen molar-refractivity contribution in [1.29, 1.82) is 0 Å². The number of methoxy groups -OCH3 is 2. The first-order chi connectivity index (χ1) is 14.3. The Kier molecular flexibility index (Phi) is 6.10. The topological polar surface area (TPSA) is 75.5 Å². The van der Waals surface area contributed by atoms with Crippen LogP contribution in [0.4, 0.5) is 8.78 Å². The molecule has 0 bridgehead atoms. The predicted molar refractivity (Wildman–Crippen MR) is 106 cm³/mol. The summed E-state index contributed by atoms with van der Waals surface area (Å²) >= 11 is 0. The van der Waals surface area contributed by atoms with Gasteiger partial charge in [-0.1, -0.05) is 6.58 Å². The molecule has 0 aliphatic carbocycles. The molecule has 0 saturated carbocycles. The molecular weight excluding hydrogens is 396 g/mol. The Balaban J connectivity index is 1.95. The number of pyridine rings is 3. The third kappa shape index (κ3) is 4.29. The molecule has 7 nitrogen and oxygen atoms in total. The number of hydrogen-bond donors (Lipinski definition) is 0. The van der Waals surface area contributed by atoms with Gasteiger partial charge in [-0.15, -0.1) is 0 Å². The van der Waals surface area contributed by atoms with Crippen LogP contribution in [0, 0.1) is 18.6 Å². The zero-order valence-electron chi connectivity index (χ0n) is 16.6. The minimum atomic E-state index is -0.826. The Labute approximate surface area is 171 Å². The van der Waals surface area contributed by atoms with Gasteiger partial charge in [-0.05, 0) is 13.0 Å². The first-order valence-electron chi connectivity index (χ1n) is 8.78. The quantitative estimate of drug-likeness (QED) is 0.551. The van der Waals surface area contributed by atoms with Crippen molar-refractivity contribution in [2.24, 2.45) is 0 Å². The van der Waals surface area contributed by atoms with Gasteiger partial charge in [0.05, 0.1) is 32.3 Å². The number of halogens is 2. The van der Waals surface area contributed by atoms with Gasteiger partial charge in [0.2, 0.25) is 0 Å². The summed E-state index contributed by atoms with van der Waals surface area (Å²) in [5.41, 5.74) is 0.940. The van der Waals surface area contributed by atoms with E-state index >= 15 is 0 Å². The molecule has 0 aliphatic heterocycles. The molecule has 0 unspecified atom stereocenters. The molecule has 9 heteroatoms. The lowest BCUT2D eigenvalue weighted by Crippen LogP contribution is -2.21. The lowest BCUT2D eigenvalue weighted by molar-refractivity contribution is 0.292. The molecule has 0 radical (unpaired) electrons. The SMILES string of the molecule is C=C(OC)c1cc(-n2c(C)cc(OCc3ncc(F)cc3F)cc2=O)c(OC)cn1. The molecule has 3 rings (SSSR count). The van der Waals surface area contributed by atoms with Crippen LogP contribution >= 0.6 is 0 Å². The molecule has 0 amide bonds. The largest absolute Gasteiger partial charge is 0.495 e. The maximum absolute atomic E-state index is 13.7. The van der Waals surface area contributed by atoms with Gasteiger partial charge in [0.1, 0.15) is 35.3 Å². The fourth-order valence-corrected chi connectivity index (χ4v) is 2.79. The highest BCUT2D eigenvalue weighted by molar-refractivity contribution is 5.60. The van der Waals surface area contributed by atoms with Crippen LogP contribution in [0.1, 0.15) is 17.1 Å². The van der Waals surface area contributed by atoms with Crippen molar-refractivity contribution in [3.05, 3.63) is 82.3 Å². The van der Waals surface area contributed by atoms with Crippen molar-refractivity contribution in [2.75, 3.05) is 14.2 Å². The van der Waals surface area contributed by atoms with Crippen molar-refractivity contribution in [3.8, 4) is 17.2 Å². The van der Waals surface area contributed by atoms with Gasteiger partial charge in [-0.2, -0.15) is 0 Å². The third-order valence-corrected chi connectivity index (χ3v) is 4.29. The normalized spacial score (nSPS) is 10.6. The first kappa shape index (κ1) is 21.0. The van der Waals surface area contributed by atoms with Crippen LogP contribution in [0.5, 0.6) is 11.5 Å². The zero-order chi connectivity index (χ0) is 21.8. The minimum absolute atomic E-state index is 0.0724. The fourth-order valence-electron chi connectivity index (χ4n) is 2.79. The highest BCUT2D eigenvalue weighted by Crippen LogP contribution is 2.26. The van der Waals surface area contributed by atoms with Crippen LogP contribution in [-0.4, -0.2) is 28.8 Å². The van der Waals surface area contributed by atoms with Gasteiger partial charge in [0.25, 0.3) is 5.56 Å². The summed E-state index contributed by atoms with van der Waals surface area (Å²) in [6.45, 7) is 5.21. The molecule has 30 heavy (non-hydrogen) atoms. The maximum Gasteiger partial charge on any atom is 0.259 e. The Morgan fingerprint density at radius 3 is 2.53 bits per heavy atom. The van der Waals surface area contributed by atoms with Crippen LogP contribution in [-0.2, 0) is 11.3 Å². The molecule has 0 atom stereocenters. The van der Waals surface area contributed by atoms with E-state index in [0.29, 0.717) is 28.6 Å². The van der Waals surface area contributed by atoms with Crippen LogP contribution in [0.3, 0.4) is 0 Å². The number of aryl methyl sites for hydroxylation is 1. The lowest BCUT2D eigenvalue weighted by Gasteiger charge is -2.16. The van der Waals surface area contributed by atoms with Gasteiger partial charge < -0.3 is 14.2 Å². The van der Waals surface area contributed by atoms with Crippen molar-refractivity contribution in [1.82, 2.24) is 14.5 Å². The summed E-state index contributed by atoms with van der Waals surface area (Å²) in [5, 5.41) is 0. The van der Waals surface area contributed by atoms with Crippen molar-refractivity contribution >= 4 is 5.76 Å². The molecule has 3 heterocycles. The van der Waals surface area contributed by atoms with Crippen LogP contribution < -0.4 is 15.0 Å². The Hall–Kier alpha value is -3.75. The van der Waals surface area contributed by atoms with Gasteiger partial charge in [-0.25, -0.2) is 13.8 Å². The maximum atomic E-state index is 13.7. The third-order valence-electron chi connectivity index (χ3n) is 4.29. The van der Waals surface area contributed by atoms with E-state index in [4.69, 9.17) is 14.2 Å². The van der Waals surface area contributed by atoms with E-state index in [0.717, 1.165) is 12.3 Å². The van der Waals surface area contributed by atoms with E-state index in [1.165, 1.54) is 31.0 Å². The number of aromatic nitrogens is 3. The monoisotopic (exact) mass is 415 g/mol. The molecule has 3 aromatic heterocycles. The van der Waals surface area contributed by atoms with E-state index < -0.39 is 17.2 Å². The minimum Gasteiger partial charge on any atom is -0.495 e. The second-order valence-corrected chi connectivity index (χ2v) is 6.25. The van der Waals surface area contributed by atoms with Crippen molar-refractivity contribution < 1.29 is 23.0 Å². The highest BCUT2D eigenvalue weighted by Gasteiger charge is 2.15. The molecular formula is C21H19F2N3O4. The molecule has 0 aliphatic rings. The van der Waals surface area contributed by atoms with Crippen LogP contribution in [0.2, 0.25) is 0 Å². The highest BCUT2D eigenvalue weighted by atomic mass is 19.1. The van der Waals surface area contributed by atoms with Gasteiger partial charge in [0.15, 0.2) is 11.6 Å². The first-order valence-corrected chi connectivity index (χ1v) is 8.78. The molecule has 0 spiro atoms. The molecule has 0 aromatic carbocycles. The number of rotatable bonds is 7. The van der Waals surface area contributed by atoms with Crippen molar-refractivity contribution in [2.45, 2.75) is 13.5 Å². The summed E-state index contributed by atoms with van der Waals surface area (Å²) in [6.07, 6.45) is 2.36. The molecule has 0 saturated heterocycles. The van der Waals surface area contributed by atoms with E-state index in [9.17, 15) is 13.6 Å². The summed E-state index contributed by atoms with van der Waals surface area (Å²) in [5.74, 6) is -0.685. The fraction of sp³-hybridized carbons (Fsp3) is 0.190. The second-order valence-electron chi connectivity index (χ2n) is 6.25. The van der Waals surface area contributed by atoms with E-state index in [1.54, 1.807) is 19.1 Å². The summed E-state index contributed by atoms with van der Waals surface area (Å²) in [7, 11) is 2.93. The molecule has 0 N–H and O–H groups in total. The lowest BCUT2D eigenvalue weighted by atomic mass is 10.2. The van der Waals surface area contributed by atoms with E-state index in [2.05, 4.69) is 16.5 Å². The average molecular weight is 415 g/mol. The Morgan fingerprint density at radius 2 is 1.90 bits per heavy atom. The Bertz CT molecular complexity index is 1160. The number of nitrogens with zero attached hydrogens (tertiary/aromatic N) is 3. The zero-order valence-corrected chi connectivity index (χ0v) is 16.6. The summed E-state index contributed by atoms with van der Waals surface area (Å²) in [4.78, 5) is 20.7. The smallest absolute Gasteiger partial charge is 0.259 e. The average Bonchev–Trinajstić information content (AvgIpc) is 2.72. The van der Waals surface area contributed by atoms with E-state index in [-0.39, 0.29) is 18.1 Å². The second kappa shape index (κ2) is 8.73. The molecule has 156 valence electrons. The standard InChI is InChI=1S/C21H19F2N3O4/c1-12-5-15(30-11-18-16(23)6-14(22)9-24-18)7-21(27)26(12)19-8-17(13(2)28-3)25-10-20(19)29-4/h5-10H,2,11H2,1,3-4H3. The number of hydrogen-bond acceptors (Lipinski definition) is 6. The van der Waals surface area contributed by atoms with Crippen LogP contribution in [0.15, 0.2) is 48.0 Å². The Morgan fingerprint density at radius 1 is 1.13 bits per heavy atom. The summed E-state index contributed by atoms with van der Waals surface area (Å²) < 4.78 is 44.0. The van der Waals surface area contributed by atoms with Crippen LogP contribution in [0.25, 0.3) is 11.4 Å². The van der Waals surface area contributed by atoms with Gasteiger partial charge in [-0.3, -0.25) is 14.3 Å².